The van der Waals surface area contributed by atoms with Crippen LogP contribution in [0.1, 0.15) is 32.8 Å². The molecule has 0 unspecified atom stereocenters. The molecule has 0 aliphatic carbocycles. The van der Waals surface area contributed by atoms with Crippen LogP contribution in [-0.2, 0) is 24.3 Å². The first-order valence-electron chi connectivity index (χ1n) is 10.3. The van der Waals surface area contributed by atoms with Crippen LogP contribution in [0.25, 0.3) is 0 Å². The Bertz CT molecular complexity index is 1240. The van der Waals surface area contributed by atoms with Gasteiger partial charge in [0.25, 0.3) is 5.91 Å². The Morgan fingerprint density at radius 2 is 2.11 bits per heavy atom. The highest BCUT2D eigenvalue weighted by molar-refractivity contribution is 6.01. The molecule has 0 radical (unpaired) electrons. The van der Waals surface area contributed by atoms with E-state index in [0.29, 0.717) is 28.0 Å². The van der Waals surface area contributed by atoms with Crippen molar-refractivity contribution in [2.75, 3.05) is 11.9 Å². The summed E-state index contributed by atoms with van der Waals surface area (Å²) in [6.07, 6.45) is 1.47. The summed E-state index contributed by atoms with van der Waals surface area (Å²) in [5, 5.41) is 2.68. The third-order valence-corrected chi connectivity index (χ3v) is 5.18. The van der Waals surface area contributed by atoms with Gasteiger partial charge in [-0.1, -0.05) is 0 Å². The molecule has 0 aromatic carbocycles. The van der Waals surface area contributed by atoms with Crippen LogP contribution in [0.2, 0.25) is 0 Å². The highest BCUT2D eigenvalue weighted by Gasteiger charge is 2.42. The molecule has 184 valence electrons. The van der Waals surface area contributed by atoms with Gasteiger partial charge in [0, 0.05) is 35.6 Å². The fourth-order valence-corrected chi connectivity index (χ4v) is 3.49. The van der Waals surface area contributed by atoms with E-state index in [9.17, 15) is 27.2 Å². The Kier molecular flexibility index (Phi) is 6.67. The van der Waals surface area contributed by atoms with Crippen molar-refractivity contribution in [3.8, 4) is 5.88 Å². The zero-order valence-corrected chi connectivity index (χ0v) is 18.3. The molecular weight excluding hydrogens is 474 g/mol. The first-order valence-corrected chi connectivity index (χ1v) is 10.3. The van der Waals surface area contributed by atoms with Crippen molar-refractivity contribution in [3.63, 3.8) is 0 Å². The molecule has 1 aliphatic heterocycles. The minimum Gasteiger partial charge on any atom is -0.471 e. The topological polar surface area (TPSA) is 110 Å². The van der Waals surface area contributed by atoms with Crippen molar-refractivity contribution in [2.24, 2.45) is 0 Å². The second kappa shape index (κ2) is 9.68. The molecule has 1 aliphatic rings. The number of anilines is 1. The number of carbonyl (C=O) groups excluding carboxylic acids is 2. The molecule has 35 heavy (non-hydrogen) atoms. The first-order chi connectivity index (χ1) is 16.6. The van der Waals surface area contributed by atoms with Crippen molar-refractivity contribution in [3.05, 3.63) is 65.1 Å². The summed E-state index contributed by atoms with van der Waals surface area (Å²) < 4.78 is 60.7. The SMILES string of the molecule is Cc1cc(CN2Cc3c(ccnc3NC(=O)Cc3cnco3)C2=O)cnc1OCC(F)(F)C(F)F. The summed E-state index contributed by atoms with van der Waals surface area (Å²) in [6, 6.07) is 3.12. The molecule has 0 saturated carbocycles. The zero-order chi connectivity index (χ0) is 25.2. The Balaban J connectivity index is 1.42. The molecule has 9 nitrogen and oxygen atoms in total. The van der Waals surface area contributed by atoms with Gasteiger partial charge < -0.3 is 19.4 Å². The molecule has 2 amide bonds. The number of hydrogen-bond donors (Lipinski definition) is 1. The van der Waals surface area contributed by atoms with Crippen LogP contribution in [-0.4, -0.2) is 50.6 Å². The zero-order valence-electron chi connectivity index (χ0n) is 18.3. The van der Waals surface area contributed by atoms with Crippen LogP contribution in [0.4, 0.5) is 23.4 Å². The van der Waals surface area contributed by atoms with Gasteiger partial charge >= 0.3 is 12.3 Å². The van der Waals surface area contributed by atoms with E-state index in [4.69, 9.17) is 9.15 Å². The Hall–Kier alpha value is -4.03. The fourth-order valence-electron chi connectivity index (χ4n) is 3.49. The van der Waals surface area contributed by atoms with E-state index >= 15 is 0 Å². The first kappa shape index (κ1) is 24.1. The Morgan fingerprint density at radius 3 is 2.80 bits per heavy atom. The number of nitrogens with one attached hydrogen (secondary N) is 1. The fraction of sp³-hybridized carbons (Fsp3) is 0.318. The van der Waals surface area contributed by atoms with Gasteiger partial charge in [-0.05, 0) is 24.6 Å². The summed E-state index contributed by atoms with van der Waals surface area (Å²) in [5.74, 6) is -4.55. The van der Waals surface area contributed by atoms with E-state index in [1.807, 2.05) is 0 Å². The molecule has 3 aromatic heterocycles. The van der Waals surface area contributed by atoms with E-state index in [-0.39, 0.29) is 43.0 Å². The van der Waals surface area contributed by atoms with Gasteiger partial charge in [0.15, 0.2) is 13.0 Å². The van der Waals surface area contributed by atoms with Crippen molar-refractivity contribution in [2.45, 2.75) is 38.8 Å². The molecule has 0 fully saturated rings. The van der Waals surface area contributed by atoms with Gasteiger partial charge in [-0.3, -0.25) is 9.59 Å². The van der Waals surface area contributed by atoms with Crippen LogP contribution in [0.15, 0.2) is 41.5 Å². The van der Waals surface area contributed by atoms with E-state index < -0.39 is 19.0 Å². The van der Waals surface area contributed by atoms with Gasteiger partial charge in [0.2, 0.25) is 11.8 Å². The number of carbonyl (C=O) groups is 2. The molecule has 0 bridgehead atoms. The third kappa shape index (κ3) is 5.39. The maximum absolute atomic E-state index is 13.1. The number of aryl methyl sites for hydroxylation is 1. The van der Waals surface area contributed by atoms with Crippen LogP contribution in [0.3, 0.4) is 0 Å². The van der Waals surface area contributed by atoms with Crippen LogP contribution < -0.4 is 10.1 Å². The molecule has 0 atom stereocenters. The molecule has 4 rings (SSSR count). The van der Waals surface area contributed by atoms with Gasteiger partial charge in [-0.2, -0.15) is 8.78 Å². The highest BCUT2D eigenvalue weighted by atomic mass is 19.3. The minimum absolute atomic E-state index is 0.0500. The molecule has 0 saturated heterocycles. The number of ether oxygens (including phenoxy) is 1. The number of halogens is 4. The number of nitrogens with zero attached hydrogens (tertiary/aromatic N) is 4. The molecular formula is C22H19F4N5O4. The summed E-state index contributed by atoms with van der Waals surface area (Å²) in [7, 11) is 0. The van der Waals surface area contributed by atoms with Gasteiger partial charge in [0.05, 0.1) is 19.2 Å². The number of oxazole rings is 1. The monoisotopic (exact) mass is 493 g/mol. The lowest BCUT2D eigenvalue weighted by molar-refractivity contribution is -0.148. The van der Waals surface area contributed by atoms with Gasteiger partial charge in [-0.25, -0.2) is 23.7 Å². The number of amides is 2. The van der Waals surface area contributed by atoms with Crippen LogP contribution >= 0.6 is 0 Å². The summed E-state index contributed by atoms with van der Waals surface area (Å²) in [5.41, 5.74) is 1.84. The smallest absolute Gasteiger partial charge is 0.340 e. The number of alkyl halides is 4. The predicted molar refractivity (Wildman–Crippen MR) is 112 cm³/mol. The Morgan fingerprint density at radius 1 is 1.31 bits per heavy atom. The molecule has 4 heterocycles. The average molecular weight is 493 g/mol. The third-order valence-electron chi connectivity index (χ3n) is 5.18. The second-order valence-electron chi connectivity index (χ2n) is 7.86. The summed E-state index contributed by atoms with van der Waals surface area (Å²) in [6.45, 7) is 0.312. The van der Waals surface area contributed by atoms with Gasteiger partial charge in [0.1, 0.15) is 11.6 Å². The summed E-state index contributed by atoms with van der Waals surface area (Å²) >= 11 is 0. The number of pyridine rings is 2. The van der Waals surface area contributed by atoms with Crippen molar-refractivity contribution < 1.29 is 36.3 Å². The normalized spacial score (nSPS) is 13.3. The van der Waals surface area contributed by atoms with E-state index in [2.05, 4.69) is 20.3 Å². The predicted octanol–water partition coefficient (Wildman–Crippen LogP) is 3.39. The highest BCUT2D eigenvalue weighted by Crippen LogP contribution is 2.30. The standard InChI is InChI=1S/C22H19F4N5O4/c1-12-4-13(6-29-19(12)34-10-22(25,26)21(23)24)8-31-9-16-15(20(31)33)2-3-28-18(16)30-17(32)5-14-7-27-11-35-14/h2-4,6-7,11,21H,5,8-10H2,1H3,(H,28,30,32). The van der Waals surface area contributed by atoms with Gasteiger partial charge in [-0.15, -0.1) is 0 Å². The maximum atomic E-state index is 13.1. The van der Waals surface area contributed by atoms with Crippen LogP contribution in [0, 0.1) is 6.92 Å². The van der Waals surface area contributed by atoms with E-state index in [0.717, 1.165) is 0 Å². The minimum atomic E-state index is -4.30. The number of fused-ring (bicyclic) bond motifs is 1. The van der Waals surface area contributed by atoms with Crippen molar-refractivity contribution in [1.82, 2.24) is 19.9 Å². The van der Waals surface area contributed by atoms with Crippen LogP contribution in [0.5, 0.6) is 5.88 Å². The van der Waals surface area contributed by atoms with Crippen molar-refractivity contribution >= 4 is 17.6 Å². The number of aromatic nitrogens is 3. The number of hydrogen-bond acceptors (Lipinski definition) is 7. The average Bonchev–Trinajstić information content (AvgIpc) is 3.42. The maximum Gasteiger partial charge on any atom is 0.340 e. The number of rotatable bonds is 9. The Labute approximate surface area is 196 Å². The lowest BCUT2D eigenvalue weighted by Gasteiger charge is -2.18. The molecule has 0 spiro atoms. The molecule has 3 aromatic rings. The molecule has 13 heteroatoms. The van der Waals surface area contributed by atoms with Crippen molar-refractivity contribution in [1.29, 1.82) is 0 Å². The lowest BCUT2D eigenvalue weighted by atomic mass is 10.1. The molecule has 1 N–H and O–H groups in total. The second-order valence-corrected chi connectivity index (χ2v) is 7.86. The van der Waals surface area contributed by atoms with E-state index in [1.54, 1.807) is 12.1 Å². The quantitative estimate of drug-likeness (QED) is 0.455. The largest absolute Gasteiger partial charge is 0.471 e. The summed E-state index contributed by atoms with van der Waals surface area (Å²) in [4.78, 5) is 38.5. The lowest BCUT2D eigenvalue weighted by Crippen LogP contribution is -2.34. The van der Waals surface area contributed by atoms with E-state index in [1.165, 1.54) is 36.8 Å².